The van der Waals surface area contributed by atoms with E-state index in [1.165, 1.54) is 12.1 Å². The Balaban J connectivity index is 2.64. The number of hydrogen-bond donors (Lipinski definition) is 3. The number of nitrogens with two attached hydrogens (primary N) is 1. The van der Waals surface area contributed by atoms with E-state index in [4.69, 9.17) is 5.73 Å². The molecule has 1 aromatic carbocycles. The molecule has 0 aliphatic carbocycles. The third-order valence-electron chi connectivity index (χ3n) is 2.60. The first-order valence-electron chi connectivity index (χ1n) is 5.73. The van der Waals surface area contributed by atoms with E-state index in [1.54, 1.807) is 13.0 Å². The van der Waals surface area contributed by atoms with E-state index in [0.29, 0.717) is 11.3 Å². The summed E-state index contributed by atoms with van der Waals surface area (Å²) in [4.78, 5) is 11.8. The molecular weight excluding hydrogens is 268 g/mol. The van der Waals surface area contributed by atoms with Gasteiger partial charge in [0, 0.05) is 11.9 Å². The van der Waals surface area contributed by atoms with Gasteiger partial charge in [-0.3, -0.25) is 4.79 Å². The van der Waals surface area contributed by atoms with Crippen LogP contribution in [-0.2, 0) is 14.6 Å². The van der Waals surface area contributed by atoms with Crippen LogP contribution in [0.4, 0.5) is 5.69 Å². The first-order valence-corrected chi connectivity index (χ1v) is 7.79. The Morgan fingerprint density at radius 1 is 1.47 bits per heavy atom. The second-order valence-corrected chi connectivity index (χ2v) is 6.77. The highest BCUT2D eigenvalue weighted by molar-refractivity contribution is 7.90. The van der Waals surface area contributed by atoms with Gasteiger partial charge in [-0.25, -0.2) is 8.42 Å². The fraction of sp³-hybridized carbons (Fsp3) is 0.417. The molecule has 0 heterocycles. The van der Waals surface area contributed by atoms with E-state index >= 15 is 0 Å². The van der Waals surface area contributed by atoms with E-state index in [2.05, 4.69) is 5.32 Å². The van der Waals surface area contributed by atoms with Crippen molar-refractivity contribution >= 4 is 21.4 Å². The lowest BCUT2D eigenvalue weighted by Gasteiger charge is -2.13. The average molecular weight is 286 g/mol. The van der Waals surface area contributed by atoms with Crippen molar-refractivity contribution in [3.8, 4) is 5.75 Å². The second kappa shape index (κ2) is 6.03. The molecule has 0 aromatic heterocycles. The summed E-state index contributed by atoms with van der Waals surface area (Å²) < 4.78 is 22.0. The van der Waals surface area contributed by atoms with E-state index in [0.717, 1.165) is 6.26 Å². The van der Waals surface area contributed by atoms with Crippen molar-refractivity contribution in [1.82, 2.24) is 0 Å². The number of hydrogen-bond acceptors (Lipinski definition) is 5. The van der Waals surface area contributed by atoms with Crippen LogP contribution >= 0.6 is 0 Å². The van der Waals surface area contributed by atoms with Crippen LogP contribution in [0.5, 0.6) is 5.75 Å². The molecule has 0 saturated heterocycles. The molecule has 106 valence electrons. The highest BCUT2D eigenvalue weighted by atomic mass is 32.2. The number of carbonyl (C=O) groups excluding carboxylic acids is 1. The van der Waals surface area contributed by atoms with Gasteiger partial charge >= 0.3 is 0 Å². The number of aromatic hydroxyl groups is 1. The Kier molecular flexibility index (Phi) is 4.90. The van der Waals surface area contributed by atoms with Gasteiger partial charge in [0.05, 0.1) is 11.8 Å². The van der Waals surface area contributed by atoms with E-state index in [-0.39, 0.29) is 17.9 Å². The van der Waals surface area contributed by atoms with Gasteiger partial charge in [0.15, 0.2) is 0 Å². The maximum absolute atomic E-state index is 11.8. The van der Waals surface area contributed by atoms with Gasteiger partial charge in [-0.05, 0) is 37.1 Å². The number of carbonyl (C=O) groups is 1. The van der Waals surface area contributed by atoms with E-state index in [9.17, 15) is 18.3 Å². The fourth-order valence-corrected chi connectivity index (χ4v) is 2.17. The lowest BCUT2D eigenvalue weighted by molar-refractivity contribution is -0.117. The standard InChI is InChI=1S/C12H18N2O4S/c1-8-7-9(15)3-4-11(8)14-12(16)10(13)5-6-19(2,17)18/h3-4,7,10,15H,5-6,13H2,1-2H3,(H,14,16). The highest BCUT2D eigenvalue weighted by Gasteiger charge is 2.16. The SMILES string of the molecule is Cc1cc(O)ccc1NC(=O)C(N)CCS(C)(=O)=O. The van der Waals surface area contributed by atoms with Crippen LogP contribution < -0.4 is 11.1 Å². The molecule has 4 N–H and O–H groups in total. The van der Waals surface area contributed by atoms with Crippen LogP contribution in [0.25, 0.3) is 0 Å². The van der Waals surface area contributed by atoms with Crippen molar-refractivity contribution in [3.05, 3.63) is 23.8 Å². The number of phenolic OH excluding ortho intramolecular Hbond substituents is 1. The summed E-state index contributed by atoms with van der Waals surface area (Å²) in [6.07, 6.45) is 1.17. The summed E-state index contributed by atoms with van der Waals surface area (Å²) in [7, 11) is -3.13. The Labute approximate surface area is 112 Å². The molecule has 1 unspecified atom stereocenters. The molecule has 19 heavy (non-hydrogen) atoms. The molecule has 0 radical (unpaired) electrons. The van der Waals surface area contributed by atoms with Gasteiger partial charge in [-0.15, -0.1) is 0 Å². The van der Waals surface area contributed by atoms with Crippen LogP contribution in [0.1, 0.15) is 12.0 Å². The van der Waals surface area contributed by atoms with E-state index < -0.39 is 21.8 Å². The van der Waals surface area contributed by atoms with Gasteiger partial charge < -0.3 is 16.2 Å². The summed E-state index contributed by atoms with van der Waals surface area (Å²) in [5, 5.41) is 11.9. The molecule has 0 fully saturated rings. The quantitative estimate of drug-likeness (QED) is 0.679. The average Bonchev–Trinajstić information content (AvgIpc) is 2.28. The third-order valence-corrected chi connectivity index (χ3v) is 3.58. The monoisotopic (exact) mass is 286 g/mol. The number of nitrogens with one attached hydrogen (secondary N) is 1. The maximum Gasteiger partial charge on any atom is 0.241 e. The van der Waals surface area contributed by atoms with Crippen molar-refractivity contribution in [1.29, 1.82) is 0 Å². The third kappa shape index (κ3) is 5.27. The molecule has 0 spiro atoms. The normalized spacial score (nSPS) is 13.0. The van der Waals surface area contributed by atoms with Crippen LogP contribution in [0, 0.1) is 6.92 Å². The summed E-state index contributed by atoms with van der Waals surface area (Å²) in [5.41, 5.74) is 6.86. The van der Waals surface area contributed by atoms with Gasteiger partial charge in [0.25, 0.3) is 0 Å². The minimum atomic E-state index is -3.13. The topological polar surface area (TPSA) is 109 Å². The summed E-state index contributed by atoms with van der Waals surface area (Å²) >= 11 is 0. The minimum absolute atomic E-state index is 0.0712. The number of benzene rings is 1. The van der Waals surface area contributed by atoms with Crippen LogP contribution in [-0.4, -0.2) is 37.5 Å². The Hall–Kier alpha value is -1.60. The molecule has 1 aromatic rings. The molecule has 0 saturated carbocycles. The number of sulfone groups is 1. The number of amides is 1. The second-order valence-electron chi connectivity index (χ2n) is 4.51. The smallest absolute Gasteiger partial charge is 0.241 e. The zero-order valence-electron chi connectivity index (χ0n) is 10.9. The Morgan fingerprint density at radius 2 is 2.11 bits per heavy atom. The largest absolute Gasteiger partial charge is 0.508 e. The number of anilines is 1. The van der Waals surface area contributed by atoms with Gasteiger partial charge in [-0.2, -0.15) is 0 Å². The molecule has 1 rings (SSSR count). The minimum Gasteiger partial charge on any atom is -0.508 e. The summed E-state index contributed by atoms with van der Waals surface area (Å²) in [6.45, 7) is 1.73. The first kappa shape index (κ1) is 15.5. The maximum atomic E-state index is 11.8. The predicted octanol–water partition coefficient (Wildman–Crippen LogP) is 0.401. The van der Waals surface area contributed by atoms with Crippen molar-refractivity contribution in [2.24, 2.45) is 5.73 Å². The molecule has 0 aliphatic rings. The molecule has 7 heteroatoms. The summed E-state index contributed by atoms with van der Waals surface area (Å²) in [6, 6.07) is 3.64. The first-order chi connectivity index (χ1) is 8.69. The lowest BCUT2D eigenvalue weighted by Crippen LogP contribution is -2.37. The lowest BCUT2D eigenvalue weighted by atomic mass is 10.1. The number of rotatable bonds is 5. The molecule has 0 bridgehead atoms. The molecule has 1 amide bonds. The van der Waals surface area contributed by atoms with Crippen molar-refractivity contribution in [2.45, 2.75) is 19.4 Å². The molecule has 0 aliphatic heterocycles. The predicted molar refractivity (Wildman–Crippen MR) is 73.8 cm³/mol. The van der Waals surface area contributed by atoms with E-state index in [1.807, 2.05) is 0 Å². The zero-order valence-corrected chi connectivity index (χ0v) is 11.7. The Morgan fingerprint density at radius 3 is 2.63 bits per heavy atom. The highest BCUT2D eigenvalue weighted by Crippen LogP contribution is 2.20. The molecular formula is C12H18N2O4S. The summed E-state index contributed by atoms with van der Waals surface area (Å²) in [5.74, 6) is -0.467. The number of aryl methyl sites for hydroxylation is 1. The van der Waals surface area contributed by atoms with Crippen molar-refractivity contribution in [3.63, 3.8) is 0 Å². The van der Waals surface area contributed by atoms with Gasteiger partial charge in [0.2, 0.25) is 5.91 Å². The van der Waals surface area contributed by atoms with Crippen molar-refractivity contribution < 1.29 is 18.3 Å². The van der Waals surface area contributed by atoms with Gasteiger partial charge in [0.1, 0.15) is 15.6 Å². The van der Waals surface area contributed by atoms with Crippen molar-refractivity contribution in [2.75, 3.05) is 17.3 Å². The zero-order chi connectivity index (χ0) is 14.6. The van der Waals surface area contributed by atoms with Crippen LogP contribution in [0.3, 0.4) is 0 Å². The molecule has 6 nitrogen and oxygen atoms in total. The molecule has 1 atom stereocenters. The van der Waals surface area contributed by atoms with Crippen LogP contribution in [0.2, 0.25) is 0 Å². The Bertz CT molecular complexity index is 569. The fourth-order valence-electron chi connectivity index (χ4n) is 1.49. The van der Waals surface area contributed by atoms with Crippen LogP contribution in [0.15, 0.2) is 18.2 Å². The van der Waals surface area contributed by atoms with Gasteiger partial charge in [-0.1, -0.05) is 0 Å². The number of phenols is 1.